The molecule has 0 bridgehead atoms. The monoisotopic (exact) mass is 1090 g/mol. The molecule has 8 heterocycles. The van der Waals surface area contributed by atoms with Crippen LogP contribution >= 0.6 is 0 Å². The van der Waals surface area contributed by atoms with E-state index in [4.69, 9.17) is 28.4 Å². The van der Waals surface area contributed by atoms with Crippen LogP contribution in [0.5, 0.6) is 23.0 Å². The molecule has 400 valence electrons. The van der Waals surface area contributed by atoms with Crippen molar-refractivity contribution in [1.82, 2.24) is 59.4 Å². The Labute approximate surface area is 443 Å². The summed E-state index contributed by atoms with van der Waals surface area (Å²) in [6, 6.07) is 14.0. The number of aromatic nitrogens is 12. The molecule has 0 radical (unpaired) electrons. The number of anilines is 2. The first-order chi connectivity index (χ1) is 37.2. The minimum absolute atomic E-state index is 0.0140. The fourth-order valence-corrected chi connectivity index (χ4v) is 12.6. The van der Waals surface area contributed by atoms with Gasteiger partial charge in [0.1, 0.15) is 57.1 Å². The maximum absolute atomic E-state index is 15.1. The molecular weight excluding hydrogens is 1030 g/mol. The number of nitrogens with one attached hydrogen (secondary N) is 2. The Morgan fingerprint density at radius 1 is 0.558 bits per heavy atom. The summed E-state index contributed by atoms with van der Waals surface area (Å²) in [7, 11) is -2.89. The molecule has 2 aliphatic rings. The normalized spacial score (nSPS) is 18.8. The number of sulfonamides is 2. The zero-order valence-electron chi connectivity index (χ0n) is 42.9. The molecule has 10 rings (SSSR count). The highest BCUT2D eigenvalue weighted by Crippen LogP contribution is 2.43. The molecule has 77 heavy (non-hydrogen) atoms. The van der Waals surface area contributed by atoms with Gasteiger partial charge in [0.2, 0.25) is 31.9 Å². The molecule has 0 aliphatic carbocycles. The Balaban J connectivity index is 0.958. The van der Waals surface area contributed by atoms with Crippen LogP contribution in [0.2, 0.25) is 0 Å². The van der Waals surface area contributed by atoms with Gasteiger partial charge in [-0.1, -0.05) is 12.1 Å². The number of nitrogens with zero attached hydrogens (tertiary/aromatic N) is 12. The van der Waals surface area contributed by atoms with Gasteiger partial charge < -0.3 is 28.4 Å². The predicted molar refractivity (Wildman–Crippen MR) is 280 cm³/mol. The number of para-hydroxylation sites is 2. The van der Waals surface area contributed by atoms with Crippen LogP contribution < -0.4 is 28.4 Å². The highest BCUT2D eigenvalue weighted by molar-refractivity contribution is 7.93. The lowest BCUT2D eigenvalue weighted by Gasteiger charge is -2.35. The van der Waals surface area contributed by atoms with Crippen LogP contribution in [0, 0.1) is 20.8 Å². The van der Waals surface area contributed by atoms with Gasteiger partial charge in [-0.15, -0.1) is 20.4 Å². The highest BCUT2D eigenvalue weighted by Gasteiger charge is 2.45. The van der Waals surface area contributed by atoms with Crippen LogP contribution in [0.3, 0.4) is 0 Å². The lowest BCUT2D eigenvalue weighted by Crippen LogP contribution is -2.41. The first-order valence-corrected chi connectivity index (χ1v) is 27.4. The van der Waals surface area contributed by atoms with Gasteiger partial charge in [-0.2, -0.15) is 0 Å². The molecule has 8 aromatic rings. The van der Waals surface area contributed by atoms with Crippen LogP contribution in [0.15, 0.2) is 98.1 Å². The van der Waals surface area contributed by atoms with E-state index < -0.39 is 48.7 Å². The van der Waals surface area contributed by atoms with Gasteiger partial charge in [0.25, 0.3) is 0 Å². The number of ether oxygens (including phenoxy) is 6. The van der Waals surface area contributed by atoms with Crippen LogP contribution in [-0.4, -0.2) is 128 Å². The van der Waals surface area contributed by atoms with E-state index in [1.54, 1.807) is 73.6 Å². The third-order valence-electron chi connectivity index (χ3n) is 13.2. The van der Waals surface area contributed by atoms with Crippen molar-refractivity contribution >= 4 is 31.9 Å². The lowest BCUT2D eigenvalue weighted by atomic mass is 9.92. The zero-order chi connectivity index (χ0) is 54.0. The molecule has 0 spiro atoms. The quantitative estimate of drug-likeness (QED) is 0.102. The fraction of sp³-hybridized carbons (Fsp3) is 0.333. The lowest BCUT2D eigenvalue weighted by molar-refractivity contribution is 0.00000397. The SMILES string of the molecule is COc1cccc(OC)c1-n1c(NS(=O)(=O)[C@@H]2CCCO[C@H]2c2ncc(C3CO[C@H](c4ncc(C)cn4)[C@@H](S(=O)(=O)Nc4nnc(-c5cncc(C)c5)n4-c4c(OC)cccc4OC)C3)cn2)nnc1-c1cncc(C)c1. The van der Waals surface area contributed by atoms with Gasteiger partial charge in [-0.25, -0.2) is 36.8 Å². The zero-order valence-corrected chi connectivity index (χ0v) is 44.6. The molecule has 2 aromatic carbocycles. The summed E-state index contributed by atoms with van der Waals surface area (Å²) in [6.07, 6.45) is 11.2. The third kappa shape index (κ3) is 10.4. The van der Waals surface area contributed by atoms with E-state index in [1.165, 1.54) is 50.0 Å². The number of pyridine rings is 2. The van der Waals surface area contributed by atoms with Crippen LogP contribution in [0.1, 0.15) is 71.3 Å². The van der Waals surface area contributed by atoms with Crippen LogP contribution in [0.4, 0.5) is 11.9 Å². The Bertz CT molecular complexity index is 3610. The Morgan fingerprint density at radius 2 is 1.01 bits per heavy atom. The summed E-state index contributed by atoms with van der Waals surface area (Å²) in [5.74, 6) is 1.32. The van der Waals surface area contributed by atoms with E-state index in [-0.39, 0.29) is 61.2 Å². The Kier molecular flexibility index (Phi) is 14.8. The van der Waals surface area contributed by atoms with Gasteiger partial charge in [0.15, 0.2) is 23.3 Å². The van der Waals surface area contributed by atoms with E-state index >= 15 is 8.42 Å². The summed E-state index contributed by atoms with van der Waals surface area (Å²) < 4.78 is 104. The van der Waals surface area contributed by atoms with E-state index in [2.05, 4.69) is 59.7 Å². The molecule has 2 saturated heterocycles. The summed E-state index contributed by atoms with van der Waals surface area (Å²) in [5, 5.41) is 15.1. The van der Waals surface area contributed by atoms with E-state index in [9.17, 15) is 8.42 Å². The average Bonchev–Trinajstić information content (AvgIpc) is 4.12. The molecule has 24 nitrogen and oxygen atoms in total. The third-order valence-corrected chi connectivity index (χ3v) is 16.6. The molecule has 0 saturated carbocycles. The van der Waals surface area contributed by atoms with Crippen molar-refractivity contribution in [3.63, 3.8) is 0 Å². The summed E-state index contributed by atoms with van der Waals surface area (Å²) in [6.45, 7) is 5.85. The van der Waals surface area contributed by atoms with Crippen molar-refractivity contribution in [3.05, 3.63) is 132 Å². The van der Waals surface area contributed by atoms with Crippen molar-refractivity contribution in [2.24, 2.45) is 0 Å². The second-order valence-electron chi connectivity index (χ2n) is 18.4. The van der Waals surface area contributed by atoms with Crippen molar-refractivity contribution in [1.29, 1.82) is 0 Å². The standard InChI is InChI=1S/C51H54N14O10S2/c1-29-17-32(24-52-20-29)48-58-60-50(64(48)42-36(70-4)11-8-12-37(42)71-5)62-76(66,67)40-15-10-16-74-44(40)46-56-26-35(27-57-46)34-19-41(45(75-28-34)47-54-22-31(3)23-55-47)77(68,69)63-51-61-59-49(33-18-30(2)21-53-25-33)65(51)43-38(72-6)13-9-14-39(43)73-7/h8-9,11-14,17-18,20-27,34,40-41,44-45H,10,15-16,19,28H2,1-7H3,(H,60,62)(H,61,63)/t34?,40-,41+,44-,45+/m1/s1. The van der Waals surface area contributed by atoms with Crippen molar-refractivity contribution in [2.75, 3.05) is 51.1 Å². The maximum Gasteiger partial charge on any atom is 0.243 e. The van der Waals surface area contributed by atoms with Gasteiger partial charge in [-0.05, 0) is 98.7 Å². The molecule has 2 N–H and O–H groups in total. The minimum atomic E-state index is -4.49. The van der Waals surface area contributed by atoms with Gasteiger partial charge >= 0.3 is 0 Å². The molecular formula is C51H54N14O10S2. The Morgan fingerprint density at radius 3 is 1.48 bits per heavy atom. The average molecular weight is 1090 g/mol. The smallest absolute Gasteiger partial charge is 0.243 e. The van der Waals surface area contributed by atoms with Crippen LogP contribution in [0.25, 0.3) is 34.2 Å². The van der Waals surface area contributed by atoms with Gasteiger partial charge in [0, 0.05) is 73.2 Å². The van der Waals surface area contributed by atoms with Gasteiger partial charge in [-0.3, -0.25) is 28.5 Å². The number of methoxy groups -OCH3 is 4. The molecule has 0 amide bonds. The summed E-state index contributed by atoms with van der Waals surface area (Å²) >= 11 is 0. The molecule has 2 aliphatic heterocycles. The minimum Gasteiger partial charge on any atom is -0.494 e. The number of rotatable bonds is 17. The highest BCUT2D eigenvalue weighted by atomic mass is 32.2. The number of hydrogen-bond acceptors (Lipinski definition) is 20. The Hall–Kier alpha value is -8.20. The molecule has 2 fully saturated rings. The molecule has 1 unspecified atom stereocenters. The van der Waals surface area contributed by atoms with Crippen molar-refractivity contribution in [2.45, 2.75) is 68.7 Å². The number of benzene rings is 2. The fourth-order valence-electron chi connectivity index (χ4n) is 9.49. The molecule has 5 atom stereocenters. The van der Waals surface area contributed by atoms with Crippen molar-refractivity contribution < 1.29 is 45.3 Å². The molecule has 26 heteroatoms. The van der Waals surface area contributed by atoms with Gasteiger partial charge in [0.05, 0.1) is 35.0 Å². The molecule has 6 aromatic heterocycles. The van der Waals surface area contributed by atoms with Crippen LogP contribution in [-0.2, 0) is 29.5 Å². The second kappa shape index (κ2) is 21.8. The largest absolute Gasteiger partial charge is 0.494 e. The second-order valence-corrected chi connectivity index (χ2v) is 22.2. The number of hydrogen-bond donors (Lipinski definition) is 2. The van der Waals surface area contributed by atoms with Crippen molar-refractivity contribution in [3.8, 4) is 57.1 Å². The predicted octanol–water partition coefficient (Wildman–Crippen LogP) is 6.23. The maximum atomic E-state index is 15.1. The number of aryl methyl sites for hydroxylation is 3. The van der Waals surface area contributed by atoms with E-state index in [1.807, 2.05) is 32.9 Å². The van der Waals surface area contributed by atoms with E-state index in [0.29, 0.717) is 57.5 Å². The topological polar surface area (TPSA) is 286 Å². The first kappa shape index (κ1) is 52.3. The van der Waals surface area contributed by atoms with E-state index in [0.717, 1.165) is 16.7 Å². The summed E-state index contributed by atoms with van der Waals surface area (Å²) in [4.78, 5) is 27.0. The summed E-state index contributed by atoms with van der Waals surface area (Å²) in [5.41, 5.74) is 4.76. The first-order valence-electron chi connectivity index (χ1n) is 24.3.